The first-order chi connectivity index (χ1) is 9.74. The van der Waals surface area contributed by atoms with E-state index in [0.29, 0.717) is 6.04 Å². The van der Waals surface area contributed by atoms with E-state index in [9.17, 15) is 0 Å². The molecule has 0 radical (unpaired) electrons. The molecule has 3 heteroatoms. The van der Waals surface area contributed by atoms with Gasteiger partial charge in [0.05, 0.1) is 12.1 Å². The van der Waals surface area contributed by atoms with Crippen LogP contribution >= 0.6 is 0 Å². The molecule has 20 heavy (non-hydrogen) atoms. The van der Waals surface area contributed by atoms with Crippen molar-refractivity contribution in [3.8, 4) is 0 Å². The Balaban J connectivity index is 2.16. The third-order valence-electron chi connectivity index (χ3n) is 3.52. The van der Waals surface area contributed by atoms with Crippen molar-refractivity contribution in [1.29, 1.82) is 0 Å². The molecule has 0 saturated carbocycles. The van der Waals surface area contributed by atoms with Crippen molar-refractivity contribution >= 4 is 10.9 Å². The van der Waals surface area contributed by atoms with Crippen molar-refractivity contribution in [3.05, 3.63) is 41.6 Å². The number of para-hydroxylation sites is 1. The van der Waals surface area contributed by atoms with Gasteiger partial charge in [0.15, 0.2) is 0 Å². The molecular weight excluding hydrogens is 248 g/mol. The first-order valence-corrected chi connectivity index (χ1v) is 7.32. The molecule has 0 saturated heterocycles. The van der Waals surface area contributed by atoms with Crippen LogP contribution in [0.5, 0.6) is 0 Å². The molecule has 1 unspecified atom stereocenters. The molecule has 0 aliphatic carbocycles. The second-order valence-electron chi connectivity index (χ2n) is 5.26. The monoisotopic (exact) mass is 272 g/mol. The van der Waals surface area contributed by atoms with Crippen LogP contribution in [0.25, 0.3) is 10.9 Å². The molecule has 1 aromatic heterocycles. The van der Waals surface area contributed by atoms with E-state index in [2.05, 4.69) is 48.4 Å². The number of ether oxygens (including phenoxy) is 1. The van der Waals surface area contributed by atoms with Crippen molar-refractivity contribution < 1.29 is 4.74 Å². The number of nitrogens with one attached hydrogen (secondary N) is 1. The van der Waals surface area contributed by atoms with Gasteiger partial charge in [0.2, 0.25) is 0 Å². The maximum absolute atomic E-state index is 5.28. The van der Waals surface area contributed by atoms with Gasteiger partial charge in [-0.25, -0.2) is 0 Å². The first-order valence-electron chi connectivity index (χ1n) is 7.32. The number of aryl methyl sites for hydroxylation is 1. The van der Waals surface area contributed by atoms with E-state index in [-0.39, 0.29) is 0 Å². The molecule has 1 heterocycles. The fourth-order valence-electron chi connectivity index (χ4n) is 2.59. The molecule has 1 atom stereocenters. The van der Waals surface area contributed by atoms with E-state index in [0.717, 1.165) is 37.2 Å². The summed E-state index contributed by atoms with van der Waals surface area (Å²) in [5.74, 6) is 0. The molecule has 1 N–H and O–H groups in total. The molecule has 0 amide bonds. The zero-order chi connectivity index (χ0) is 14.4. The van der Waals surface area contributed by atoms with Crippen LogP contribution in [0.4, 0.5) is 0 Å². The summed E-state index contributed by atoms with van der Waals surface area (Å²) in [6, 6.07) is 10.9. The van der Waals surface area contributed by atoms with Crippen LogP contribution < -0.4 is 5.32 Å². The number of fused-ring (bicyclic) bond motifs is 1. The third-order valence-corrected chi connectivity index (χ3v) is 3.52. The molecule has 0 aliphatic rings. The largest absolute Gasteiger partial charge is 0.383 e. The van der Waals surface area contributed by atoms with Crippen molar-refractivity contribution in [2.75, 3.05) is 13.7 Å². The first kappa shape index (κ1) is 14.9. The maximum Gasteiger partial charge on any atom is 0.0708 e. The summed E-state index contributed by atoms with van der Waals surface area (Å²) in [5, 5.41) is 4.84. The van der Waals surface area contributed by atoms with Crippen LogP contribution in [-0.2, 0) is 11.3 Å². The summed E-state index contributed by atoms with van der Waals surface area (Å²) in [5.41, 5.74) is 3.45. The van der Waals surface area contributed by atoms with E-state index in [1.54, 1.807) is 7.11 Å². The minimum Gasteiger partial charge on any atom is -0.383 e. The lowest BCUT2D eigenvalue weighted by atomic mass is 10.1. The average Bonchev–Trinajstić information content (AvgIpc) is 2.44. The highest BCUT2D eigenvalue weighted by Gasteiger charge is 2.09. The molecular formula is C17H24N2O. The number of methoxy groups -OCH3 is 1. The van der Waals surface area contributed by atoms with E-state index < -0.39 is 0 Å². The van der Waals surface area contributed by atoms with Crippen molar-refractivity contribution in [3.63, 3.8) is 0 Å². The number of rotatable bonds is 7. The van der Waals surface area contributed by atoms with Gasteiger partial charge >= 0.3 is 0 Å². The summed E-state index contributed by atoms with van der Waals surface area (Å²) in [6.07, 6.45) is 2.30. The standard InChI is InChI=1S/C17H24N2O/c1-4-7-15(12-20-3)18-11-14-10-13(2)19-17-9-6-5-8-16(14)17/h5-6,8-10,15,18H,4,7,11-12H2,1-3H3. The molecule has 2 aromatic rings. The molecule has 108 valence electrons. The van der Waals surface area contributed by atoms with Gasteiger partial charge in [0.1, 0.15) is 0 Å². The highest BCUT2D eigenvalue weighted by Crippen LogP contribution is 2.18. The van der Waals surface area contributed by atoms with Gasteiger partial charge in [-0.3, -0.25) is 4.98 Å². The Labute approximate surface area is 121 Å². The minimum atomic E-state index is 0.414. The predicted molar refractivity (Wildman–Crippen MR) is 83.9 cm³/mol. The fraction of sp³-hybridized carbons (Fsp3) is 0.471. The topological polar surface area (TPSA) is 34.1 Å². The second-order valence-corrected chi connectivity index (χ2v) is 5.26. The van der Waals surface area contributed by atoms with Gasteiger partial charge in [-0.05, 0) is 31.0 Å². The van der Waals surface area contributed by atoms with Gasteiger partial charge in [-0.2, -0.15) is 0 Å². The average molecular weight is 272 g/mol. The van der Waals surface area contributed by atoms with Crippen LogP contribution in [0.3, 0.4) is 0 Å². The number of hydrogen-bond acceptors (Lipinski definition) is 3. The normalized spacial score (nSPS) is 12.8. The van der Waals surface area contributed by atoms with Gasteiger partial charge in [-0.15, -0.1) is 0 Å². The Kier molecular flexibility index (Phi) is 5.50. The molecule has 3 nitrogen and oxygen atoms in total. The highest BCUT2D eigenvalue weighted by atomic mass is 16.5. The summed E-state index contributed by atoms with van der Waals surface area (Å²) in [7, 11) is 1.76. The van der Waals surface area contributed by atoms with Crippen molar-refractivity contribution in [2.45, 2.75) is 39.3 Å². The van der Waals surface area contributed by atoms with Crippen molar-refractivity contribution in [2.24, 2.45) is 0 Å². The Hall–Kier alpha value is -1.45. The Bertz CT molecular complexity index is 548. The molecule has 0 spiro atoms. The lowest BCUT2D eigenvalue weighted by Gasteiger charge is -2.18. The van der Waals surface area contributed by atoms with Gasteiger partial charge < -0.3 is 10.1 Å². The van der Waals surface area contributed by atoms with Gasteiger partial charge in [-0.1, -0.05) is 31.5 Å². The van der Waals surface area contributed by atoms with E-state index in [4.69, 9.17) is 4.74 Å². The third kappa shape index (κ3) is 3.78. The lowest BCUT2D eigenvalue weighted by Crippen LogP contribution is -2.32. The quantitative estimate of drug-likeness (QED) is 0.838. The number of hydrogen-bond donors (Lipinski definition) is 1. The van der Waals surface area contributed by atoms with Crippen LogP contribution in [0.2, 0.25) is 0 Å². The minimum absolute atomic E-state index is 0.414. The van der Waals surface area contributed by atoms with Crippen molar-refractivity contribution in [1.82, 2.24) is 10.3 Å². The summed E-state index contributed by atoms with van der Waals surface area (Å²) in [6.45, 7) is 5.87. The zero-order valence-electron chi connectivity index (χ0n) is 12.6. The Morgan fingerprint density at radius 1 is 1.30 bits per heavy atom. The second kappa shape index (κ2) is 7.36. The van der Waals surface area contributed by atoms with Crippen LogP contribution in [-0.4, -0.2) is 24.7 Å². The summed E-state index contributed by atoms with van der Waals surface area (Å²) < 4.78 is 5.28. The highest BCUT2D eigenvalue weighted by molar-refractivity contribution is 5.82. The number of benzene rings is 1. The van der Waals surface area contributed by atoms with E-state index in [1.165, 1.54) is 10.9 Å². The molecule has 2 rings (SSSR count). The van der Waals surface area contributed by atoms with Gasteiger partial charge in [0.25, 0.3) is 0 Å². The maximum atomic E-state index is 5.28. The molecule has 1 aromatic carbocycles. The molecule has 0 bridgehead atoms. The molecule has 0 aliphatic heterocycles. The lowest BCUT2D eigenvalue weighted by molar-refractivity contribution is 0.161. The van der Waals surface area contributed by atoms with Crippen LogP contribution in [0.1, 0.15) is 31.0 Å². The van der Waals surface area contributed by atoms with E-state index >= 15 is 0 Å². The van der Waals surface area contributed by atoms with Crippen LogP contribution in [0, 0.1) is 6.92 Å². The smallest absolute Gasteiger partial charge is 0.0708 e. The predicted octanol–water partition coefficient (Wildman–Crippen LogP) is 3.45. The SMILES string of the molecule is CCCC(COC)NCc1cc(C)nc2ccccc12. The zero-order valence-corrected chi connectivity index (χ0v) is 12.6. The summed E-state index contributed by atoms with van der Waals surface area (Å²) >= 11 is 0. The number of pyridine rings is 1. The van der Waals surface area contributed by atoms with Gasteiger partial charge in [0, 0.05) is 30.8 Å². The Morgan fingerprint density at radius 3 is 2.85 bits per heavy atom. The summed E-state index contributed by atoms with van der Waals surface area (Å²) in [4.78, 5) is 4.58. The Morgan fingerprint density at radius 2 is 2.10 bits per heavy atom. The molecule has 0 fully saturated rings. The fourth-order valence-corrected chi connectivity index (χ4v) is 2.59. The number of nitrogens with zero attached hydrogens (tertiary/aromatic N) is 1. The number of aromatic nitrogens is 1. The van der Waals surface area contributed by atoms with Crippen LogP contribution in [0.15, 0.2) is 30.3 Å². The van der Waals surface area contributed by atoms with E-state index in [1.807, 2.05) is 6.07 Å².